The number of nitrogens with one attached hydrogen (secondary N) is 3. The average Bonchev–Trinajstić information content (AvgIpc) is 3.68. The Kier molecular flexibility index (Phi) is 10.6. The van der Waals surface area contributed by atoms with Crippen LogP contribution < -0.4 is 36.8 Å². The Labute approximate surface area is 311 Å². The van der Waals surface area contributed by atoms with E-state index in [1.54, 1.807) is 24.3 Å². The van der Waals surface area contributed by atoms with Gasteiger partial charge in [-0.25, -0.2) is 13.1 Å². The topological polar surface area (TPSA) is 104 Å². The van der Waals surface area contributed by atoms with Crippen LogP contribution in [-0.2, 0) is 10.0 Å². The van der Waals surface area contributed by atoms with Crippen LogP contribution in [0.1, 0.15) is 42.1 Å². The molecular weight excluding hydrogens is 698 g/mol. The Morgan fingerprint density at radius 2 is 1.08 bits per heavy atom. The van der Waals surface area contributed by atoms with Gasteiger partial charge >= 0.3 is 0 Å². The molecule has 0 unspecified atom stereocenters. The molecule has 6 aromatic rings. The van der Waals surface area contributed by atoms with Crippen molar-refractivity contribution in [1.82, 2.24) is 4.72 Å². The molecule has 266 valence electrons. The first-order chi connectivity index (χ1) is 25.7. The fraction of sp³-hybridized carbons (Fsp3) is 0.136. The lowest BCUT2D eigenvalue weighted by Crippen LogP contribution is -2.42. The molecule has 0 heterocycles. The van der Waals surface area contributed by atoms with E-state index in [1.807, 2.05) is 86.6 Å². The number of rotatable bonds is 14. The normalized spacial score (nSPS) is 14.7. The van der Waals surface area contributed by atoms with Gasteiger partial charge < -0.3 is 10.6 Å². The fourth-order valence-corrected chi connectivity index (χ4v) is 10.7. The monoisotopic (exact) mass is 737 g/mol. The van der Waals surface area contributed by atoms with E-state index in [1.165, 1.54) is 15.9 Å². The molecule has 0 bridgehead atoms. The van der Waals surface area contributed by atoms with Gasteiger partial charge in [-0.15, -0.1) is 0 Å². The van der Waals surface area contributed by atoms with Crippen LogP contribution in [-0.4, -0.2) is 14.5 Å². The smallest absolute Gasteiger partial charge is 0.253 e. The van der Waals surface area contributed by atoms with Crippen LogP contribution in [0, 0.1) is 6.92 Å². The Hall–Kier alpha value is -5.40. The van der Waals surface area contributed by atoms with E-state index in [-0.39, 0.29) is 22.3 Å². The summed E-state index contributed by atoms with van der Waals surface area (Å²) in [6.45, 7) is 3.92. The maximum absolute atomic E-state index is 13.9. The molecule has 0 aromatic heterocycles. The molecule has 6 aromatic carbocycles. The summed E-state index contributed by atoms with van der Waals surface area (Å²) in [4.78, 5) is 26.9. The molecule has 0 saturated heterocycles. The zero-order valence-electron chi connectivity index (χ0n) is 29.4. The molecule has 0 amide bonds. The number of sulfonamides is 1. The highest BCUT2D eigenvalue weighted by Gasteiger charge is 2.34. The maximum atomic E-state index is 13.9. The SMILES string of the molecule is Cc1ccc(S(=O)(=O)N[C@@H](c2ccccc2)[C@@H](Nc2c(N[C@H](C)C3=C(P(c4ccccc4)c4ccccc4)C=CC3)c(=O)c2=O)c2ccccc2)cc1. The first kappa shape index (κ1) is 36.0. The van der Waals surface area contributed by atoms with Crippen LogP contribution in [0.25, 0.3) is 0 Å². The van der Waals surface area contributed by atoms with Crippen LogP contribution in [0.4, 0.5) is 11.4 Å². The highest BCUT2D eigenvalue weighted by Crippen LogP contribution is 2.49. The van der Waals surface area contributed by atoms with Crippen LogP contribution >= 0.6 is 7.92 Å². The molecule has 53 heavy (non-hydrogen) atoms. The lowest BCUT2D eigenvalue weighted by atomic mass is 9.93. The van der Waals surface area contributed by atoms with E-state index < -0.39 is 40.9 Å². The third-order valence-corrected chi connectivity index (χ3v) is 13.6. The van der Waals surface area contributed by atoms with Gasteiger partial charge in [-0.2, -0.15) is 0 Å². The van der Waals surface area contributed by atoms with E-state index in [9.17, 15) is 18.0 Å². The molecule has 3 atom stereocenters. The van der Waals surface area contributed by atoms with Gasteiger partial charge in [0.15, 0.2) is 0 Å². The second kappa shape index (κ2) is 15.7. The first-order valence-electron chi connectivity index (χ1n) is 17.6. The van der Waals surface area contributed by atoms with Crippen molar-refractivity contribution >= 4 is 39.9 Å². The molecule has 0 fully saturated rings. The molecule has 0 radical (unpaired) electrons. The minimum absolute atomic E-state index is 0.126. The summed E-state index contributed by atoms with van der Waals surface area (Å²) in [7, 11) is -4.89. The van der Waals surface area contributed by atoms with Crippen molar-refractivity contribution in [2.24, 2.45) is 0 Å². The summed E-state index contributed by atoms with van der Waals surface area (Å²) >= 11 is 0. The molecule has 0 saturated carbocycles. The summed E-state index contributed by atoms with van der Waals surface area (Å²) in [6, 6.07) is 44.3. The van der Waals surface area contributed by atoms with Gasteiger partial charge in [0.2, 0.25) is 10.0 Å². The van der Waals surface area contributed by atoms with Gasteiger partial charge in [-0.05, 0) is 72.9 Å². The molecule has 7 nitrogen and oxygen atoms in total. The molecule has 0 spiro atoms. The van der Waals surface area contributed by atoms with Gasteiger partial charge in [0.1, 0.15) is 11.4 Å². The molecule has 1 aliphatic carbocycles. The van der Waals surface area contributed by atoms with Crippen molar-refractivity contribution < 1.29 is 8.42 Å². The summed E-state index contributed by atoms with van der Waals surface area (Å²) in [6.07, 6.45) is 5.06. The third-order valence-electron chi connectivity index (χ3n) is 9.57. The van der Waals surface area contributed by atoms with Crippen molar-refractivity contribution in [2.45, 2.75) is 43.3 Å². The van der Waals surface area contributed by atoms with Crippen molar-refractivity contribution in [1.29, 1.82) is 0 Å². The standard InChI is InChI=1S/C44H40N3O4PS/c1-30-26-28-36(29-27-30)53(50,51)47-40(33-18-9-4-10-19-33)39(32-16-7-3-8-17-32)46-42-41(43(48)44(42)49)45-31(2)37-24-15-25-38(37)52(34-20-11-5-12-21-34)35-22-13-6-14-23-35/h3-23,25-29,31,39-40,45-47H,24H2,1-2H3/t31-,39+,40+/m1/s1. The van der Waals surface area contributed by atoms with Gasteiger partial charge in [0.05, 0.1) is 17.0 Å². The van der Waals surface area contributed by atoms with Gasteiger partial charge in [0.25, 0.3) is 10.9 Å². The highest BCUT2D eigenvalue weighted by atomic mass is 32.2. The third kappa shape index (κ3) is 7.72. The van der Waals surface area contributed by atoms with E-state index in [2.05, 4.69) is 76.0 Å². The van der Waals surface area contributed by atoms with Crippen molar-refractivity contribution in [2.75, 3.05) is 10.6 Å². The Morgan fingerprint density at radius 1 is 0.604 bits per heavy atom. The Bertz CT molecular complexity index is 2390. The Balaban J connectivity index is 1.25. The summed E-state index contributed by atoms with van der Waals surface area (Å²) < 4.78 is 30.7. The van der Waals surface area contributed by atoms with Crippen molar-refractivity contribution in [3.05, 3.63) is 206 Å². The van der Waals surface area contributed by atoms with E-state index in [0.717, 1.165) is 16.7 Å². The largest absolute Gasteiger partial charge is 0.374 e. The number of allylic oxidation sites excluding steroid dienone is 3. The Morgan fingerprint density at radius 3 is 1.60 bits per heavy atom. The molecule has 0 aliphatic heterocycles. The summed E-state index contributed by atoms with van der Waals surface area (Å²) in [5.41, 5.74) is 2.58. The van der Waals surface area contributed by atoms with Crippen LogP contribution in [0.5, 0.6) is 0 Å². The van der Waals surface area contributed by atoms with Gasteiger partial charge in [-0.3, -0.25) is 9.59 Å². The number of aryl methyl sites for hydroxylation is 1. The molecule has 1 aliphatic rings. The van der Waals surface area contributed by atoms with E-state index >= 15 is 0 Å². The fourth-order valence-electron chi connectivity index (χ4n) is 6.79. The lowest BCUT2D eigenvalue weighted by Gasteiger charge is -2.32. The minimum Gasteiger partial charge on any atom is -0.374 e. The zero-order chi connectivity index (χ0) is 37.0. The average molecular weight is 738 g/mol. The molecule has 9 heteroatoms. The zero-order valence-corrected chi connectivity index (χ0v) is 31.1. The molecular formula is C44H40N3O4PS. The van der Waals surface area contributed by atoms with E-state index in [0.29, 0.717) is 12.0 Å². The van der Waals surface area contributed by atoms with Gasteiger partial charge in [-0.1, -0.05) is 151 Å². The van der Waals surface area contributed by atoms with Crippen LogP contribution in [0.3, 0.4) is 0 Å². The number of hydrogen-bond acceptors (Lipinski definition) is 6. The highest BCUT2D eigenvalue weighted by molar-refractivity contribution is 7.89. The van der Waals surface area contributed by atoms with Crippen LogP contribution in [0.2, 0.25) is 0 Å². The first-order valence-corrected chi connectivity index (χ1v) is 20.4. The molecule has 3 N–H and O–H groups in total. The van der Waals surface area contributed by atoms with Crippen molar-refractivity contribution in [3.8, 4) is 0 Å². The predicted octanol–water partition coefficient (Wildman–Crippen LogP) is 7.61. The number of hydrogen-bond donors (Lipinski definition) is 3. The number of benzene rings is 5. The molecule has 7 rings (SSSR count). The number of anilines is 2. The summed E-state index contributed by atoms with van der Waals surface area (Å²) in [5.74, 6) is 0. The predicted molar refractivity (Wildman–Crippen MR) is 218 cm³/mol. The second-order valence-corrected chi connectivity index (χ2v) is 17.1. The van der Waals surface area contributed by atoms with Crippen LogP contribution in [0.15, 0.2) is 183 Å². The van der Waals surface area contributed by atoms with E-state index in [4.69, 9.17) is 0 Å². The van der Waals surface area contributed by atoms with Gasteiger partial charge in [0, 0.05) is 6.04 Å². The quantitative estimate of drug-likeness (QED) is 0.0786. The van der Waals surface area contributed by atoms with Crippen molar-refractivity contribution in [3.63, 3.8) is 0 Å². The maximum Gasteiger partial charge on any atom is 0.253 e. The summed E-state index contributed by atoms with van der Waals surface area (Å²) in [5, 5.41) is 10.4. The second-order valence-electron chi connectivity index (χ2n) is 13.2. The lowest BCUT2D eigenvalue weighted by molar-refractivity contribution is 0.521. The minimum atomic E-state index is -4.01.